The first-order valence-corrected chi connectivity index (χ1v) is 11.8. The van der Waals surface area contributed by atoms with Crippen molar-refractivity contribution in [2.45, 2.75) is 50.6 Å². The van der Waals surface area contributed by atoms with E-state index in [1.165, 1.54) is 12.1 Å². The predicted octanol–water partition coefficient (Wildman–Crippen LogP) is 3.56. The number of nitrogens with zero attached hydrogens (tertiary/aromatic N) is 3. The van der Waals surface area contributed by atoms with E-state index >= 15 is 0 Å². The molecule has 2 atom stereocenters. The maximum absolute atomic E-state index is 13.6. The third kappa shape index (κ3) is 5.04. The van der Waals surface area contributed by atoms with E-state index in [1.807, 2.05) is 25.1 Å². The quantitative estimate of drug-likeness (QED) is 0.448. The van der Waals surface area contributed by atoms with E-state index in [4.69, 9.17) is 0 Å². The second kappa shape index (κ2) is 9.77. The van der Waals surface area contributed by atoms with Crippen molar-refractivity contribution in [2.24, 2.45) is 0 Å². The summed E-state index contributed by atoms with van der Waals surface area (Å²) in [5, 5.41) is 2.71. The van der Waals surface area contributed by atoms with Gasteiger partial charge in [0.1, 0.15) is 23.9 Å². The van der Waals surface area contributed by atoms with Gasteiger partial charge in [0.05, 0.1) is 0 Å². The lowest BCUT2D eigenvalue weighted by molar-refractivity contribution is -0.187. The molecule has 7 nitrogen and oxygen atoms in total. The molecule has 2 aromatic carbocycles. The Bertz CT molecular complexity index is 1220. The number of carbonyl (C=O) groups excluding carboxylic acids is 3. The third-order valence-corrected chi connectivity index (χ3v) is 6.97. The van der Waals surface area contributed by atoms with Gasteiger partial charge in [0.25, 0.3) is 5.91 Å². The van der Waals surface area contributed by atoms with E-state index in [1.54, 1.807) is 12.1 Å². The van der Waals surface area contributed by atoms with Crippen LogP contribution in [0.5, 0.6) is 0 Å². The molecule has 2 aromatic rings. The molecule has 1 spiro atoms. The summed E-state index contributed by atoms with van der Waals surface area (Å²) >= 11 is 0. The Morgan fingerprint density at radius 2 is 1.78 bits per heavy atom. The average Bonchev–Trinajstić information content (AvgIpc) is 3.31. The van der Waals surface area contributed by atoms with Gasteiger partial charge in [-0.05, 0) is 68.2 Å². The number of fused-ring (bicyclic) bond motifs is 2. The number of hydrogen-bond donors (Lipinski definition) is 1. The fraction of sp³-hybridized carbons (Fsp3) is 0.423. The number of alkyl halides is 3. The van der Waals surface area contributed by atoms with Crippen LogP contribution in [0.2, 0.25) is 0 Å². The van der Waals surface area contributed by atoms with E-state index in [0.717, 1.165) is 30.2 Å². The fourth-order valence-electron chi connectivity index (χ4n) is 5.02. The molecule has 1 aliphatic heterocycles. The molecular weight excluding hydrogens is 492 g/mol. The highest BCUT2D eigenvalue weighted by Crippen LogP contribution is 2.43. The summed E-state index contributed by atoms with van der Waals surface area (Å²) in [5.74, 6) is -2.28. The molecule has 1 N–H and O–H groups in total. The zero-order valence-electron chi connectivity index (χ0n) is 20.7. The van der Waals surface area contributed by atoms with E-state index < -0.39 is 54.5 Å². The van der Waals surface area contributed by atoms with Crippen molar-refractivity contribution >= 4 is 17.8 Å². The highest BCUT2D eigenvalue weighted by molar-refractivity contribution is 6.10. The lowest BCUT2D eigenvalue weighted by Crippen LogP contribution is -2.51. The molecule has 0 bridgehead atoms. The standard InChI is InChI=1S/C26H28F4N4O3/c1-16(26(28,29)30)33(13-17-7-9-19(27)10-8-17)22(35)15-34-23(36)25(31-24(34)37)12-11-20-18(14-32(2)3)5-4-6-21(20)25/h4-10,16H,11-15H2,1-3H3,(H,31,37)/t16-,25?/m0/s1. The summed E-state index contributed by atoms with van der Waals surface area (Å²) in [6, 6.07) is 7.21. The first-order valence-electron chi connectivity index (χ1n) is 11.8. The molecule has 11 heteroatoms. The average molecular weight is 521 g/mol. The molecule has 1 aliphatic carbocycles. The number of urea groups is 1. The predicted molar refractivity (Wildman–Crippen MR) is 127 cm³/mol. The molecule has 0 saturated carbocycles. The third-order valence-electron chi connectivity index (χ3n) is 6.97. The first kappa shape index (κ1) is 26.6. The molecule has 0 aromatic heterocycles. The maximum atomic E-state index is 13.6. The number of halogens is 4. The Labute approximate surface area is 212 Å². The molecule has 1 heterocycles. The van der Waals surface area contributed by atoms with Gasteiger partial charge in [-0.2, -0.15) is 13.2 Å². The Balaban J connectivity index is 1.59. The second-order valence-electron chi connectivity index (χ2n) is 9.77. The van der Waals surface area contributed by atoms with Crippen LogP contribution in [0.4, 0.5) is 22.4 Å². The second-order valence-corrected chi connectivity index (χ2v) is 9.77. The number of carbonyl (C=O) groups is 3. The molecule has 0 radical (unpaired) electrons. The molecule has 37 heavy (non-hydrogen) atoms. The largest absolute Gasteiger partial charge is 0.408 e. The van der Waals surface area contributed by atoms with Gasteiger partial charge in [-0.25, -0.2) is 9.18 Å². The topological polar surface area (TPSA) is 73.0 Å². The van der Waals surface area contributed by atoms with Crippen molar-refractivity contribution in [1.29, 1.82) is 0 Å². The van der Waals surface area contributed by atoms with Crippen LogP contribution in [0.1, 0.15) is 35.6 Å². The minimum absolute atomic E-state index is 0.276. The van der Waals surface area contributed by atoms with Crippen LogP contribution in [-0.4, -0.2) is 65.4 Å². The molecule has 2 aliphatic rings. The zero-order chi connectivity index (χ0) is 27.1. The highest BCUT2D eigenvalue weighted by atomic mass is 19.4. The summed E-state index contributed by atoms with van der Waals surface area (Å²) in [5.41, 5.74) is 1.53. The van der Waals surface area contributed by atoms with Gasteiger partial charge < -0.3 is 15.1 Å². The van der Waals surface area contributed by atoms with E-state index in [-0.39, 0.29) is 5.56 Å². The van der Waals surface area contributed by atoms with Crippen LogP contribution in [0.3, 0.4) is 0 Å². The van der Waals surface area contributed by atoms with E-state index in [2.05, 4.69) is 5.32 Å². The van der Waals surface area contributed by atoms with Gasteiger partial charge in [0, 0.05) is 13.1 Å². The van der Waals surface area contributed by atoms with Crippen LogP contribution in [0.25, 0.3) is 0 Å². The minimum atomic E-state index is -4.75. The SMILES string of the molecule is C[C@H](N(Cc1ccc(F)cc1)C(=O)CN1C(=O)NC2(CCc3c(CN(C)C)cccc32)C1=O)C(F)(F)F. The van der Waals surface area contributed by atoms with Gasteiger partial charge in [-0.3, -0.25) is 14.5 Å². The fourth-order valence-corrected chi connectivity index (χ4v) is 5.02. The molecule has 1 fully saturated rings. The van der Waals surface area contributed by atoms with Crippen molar-refractivity contribution < 1.29 is 31.9 Å². The van der Waals surface area contributed by atoms with Crippen molar-refractivity contribution in [1.82, 2.24) is 20.0 Å². The van der Waals surface area contributed by atoms with Gasteiger partial charge in [-0.1, -0.05) is 30.3 Å². The van der Waals surface area contributed by atoms with Crippen LogP contribution in [0.15, 0.2) is 42.5 Å². The number of amides is 4. The van der Waals surface area contributed by atoms with Gasteiger partial charge in [-0.15, -0.1) is 0 Å². The first-order chi connectivity index (χ1) is 17.3. The van der Waals surface area contributed by atoms with Gasteiger partial charge >= 0.3 is 12.2 Å². The van der Waals surface area contributed by atoms with Crippen molar-refractivity contribution in [2.75, 3.05) is 20.6 Å². The molecule has 198 valence electrons. The van der Waals surface area contributed by atoms with Gasteiger partial charge in [0.15, 0.2) is 0 Å². The number of hydrogen-bond acceptors (Lipinski definition) is 4. The van der Waals surface area contributed by atoms with Crippen LogP contribution in [-0.2, 0) is 34.6 Å². The van der Waals surface area contributed by atoms with Crippen LogP contribution >= 0.6 is 0 Å². The normalized spacial score (nSPS) is 19.9. The molecule has 1 saturated heterocycles. The summed E-state index contributed by atoms with van der Waals surface area (Å²) in [6.45, 7) is 0.150. The lowest BCUT2D eigenvalue weighted by Gasteiger charge is -2.32. The Morgan fingerprint density at radius 3 is 2.41 bits per heavy atom. The maximum Gasteiger partial charge on any atom is 0.408 e. The summed E-state index contributed by atoms with van der Waals surface area (Å²) in [7, 11) is 3.83. The molecular formula is C26H28F4N4O3. The smallest absolute Gasteiger partial charge is 0.325 e. The Morgan fingerprint density at radius 1 is 1.11 bits per heavy atom. The number of imide groups is 1. The van der Waals surface area contributed by atoms with Crippen molar-refractivity contribution in [3.63, 3.8) is 0 Å². The van der Waals surface area contributed by atoms with Crippen LogP contribution in [0, 0.1) is 5.82 Å². The molecule has 4 rings (SSSR count). The summed E-state index contributed by atoms with van der Waals surface area (Å²) < 4.78 is 54.1. The monoisotopic (exact) mass is 520 g/mol. The van der Waals surface area contributed by atoms with Gasteiger partial charge in [0.2, 0.25) is 5.91 Å². The van der Waals surface area contributed by atoms with Crippen molar-refractivity contribution in [3.8, 4) is 0 Å². The lowest BCUT2D eigenvalue weighted by atomic mass is 9.90. The summed E-state index contributed by atoms with van der Waals surface area (Å²) in [4.78, 5) is 42.8. The number of benzene rings is 2. The minimum Gasteiger partial charge on any atom is -0.325 e. The van der Waals surface area contributed by atoms with Crippen LogP contribution < -0.4 is 5.32 Å². The van der Waals surface area contributed by atoms with Crippen molar-refractivity contribution in [3.05, 3.63) is 70.5 Å². The number of rotatable bonds is 7. The van der Waals surface area contributed by atoms with E-state index in [9.17, 15) is 31.9 Å². The Kier molecular flexibility index (Phi) is 7.02. The Hall–Kier alpha value is -3.47. The molecule has 4 amide bonds. The number of nitrogens with one attached hydrogen (secondary N) is 1. The van der Waals surface area contributed by atoms with E-state index in [0.29, 0.717) is 34.7 Å². The molecule has 1 unspecified atom stereocenters. The zero-order valence-corrected chi connectivity index (χ0v) is 20.7. The summed E-state index contributed by atoms with van der Waals surface area (Å²) in [6.07, 6.45) is -3.92. The highest BCUT2D eigenvalue weighted by Gasteiger charge is 2.56.